The van der Waals surface area contributed by atoms with Crippen molar-refractivity contribution >= 4 is 49.8 Å². The van der Waals surface area contributed by atoms with Crippen molar-refractivity contribution in [3.05, 3.63) is 307 Å². The van der Waals surface area contributed by atoms with E-state index >= 15 is 0 Å². The van der Waals surface area contributed by atoms with E-state index in [9.17, 15) is 0 Å². The van der Waals surface area contributed by atoms with Gasteiger partial charge in [0.2, 0.25) is 0 Å². The Bertz CT molecular complexity index is 4150. The number of para-hydroxylation sites is 3. The van der Waals surface area contributed by atoms with Crippen molar-refractivity contribution in [2.45, 2.75) is 5.41 Å². The fourth-order valence-electron chi connectivity index (χ4n) is 11.9. The summed E-state index contributed by atoms with van der Waals surface area (Å²) < 4.78 is 6.34. The maximum atomic E-state index is 6.34. The zero-order chi connectivity index (χ0) is 48.3. The molecule has 342 valence electrons. The Morgan fingerprint density at radius 1 is 0.288 bits per heavy atom. The van der Waals surface area contributed by atoms with Crippen LogP contribution in [0.2, 0.25) is 0 Å². The first-order valence-corrected chi connectivity index (χ1v) is 25.2. The van der Waals surface area contributed by atoms with E-state index in [1.165, 1.54) is 66.4 Å². The second-order valence-corrected chi connectivity index (χ2v) is 19.1. The normalized spacial score (nSPS) is 12.5. The van der Waals surface area contributed by atoms with Gasteiger partial charge in [-0.15, -0.1) is 0 Å². The lowest BCUT2D eigenvalue weighted by Crippen LogP contribution is -2.28. The predicted molar refractivity (Wildman–Crippen MR) is 305 cm³/mol. The van der Waals surface area contributed by atoms with Crippen LogP contribution in [-0.2, 0) is 5.41 Å². The molecule has 2 nitrogen and oxygen atoms in total. The van der Waals surface area contributed by atoms with Crippen molar-refractivity contribution in [3.8, 4) is 55.6 Å². The summed E-state index contributed by atoms with van der Waals surface area (Å²) in [7, 11) is 0. The highest BCUT2D eigenvalue weighted by atomic mass is 16.3. The number of rotatable bonds is 9. The molecule has 0 bridgehead atoms. The van der Waals surface area contributed by atoms with Gasteiger partial charge in [-0.2, -0.15) is 0 Å². The van der Waals surface area contributed by atoms with Crippen LogP contribution >= 0.6 is 0 Å². The van der Waals surface area contributed by atoms with Crippen LogP contribution in [0.15, 0.2) is 290 Å². The summed E-state index contributed by atoms with van der Waals surface area (Å²) in [6, 6.07) is 104. The largest absolute Gasteiger partial charge is 0.456 e. The molecule has 0 saturated heterocycles. The zero-order valence-electron chi connectivity index (χ0n) is 40.0. The average Bonchev–Trinajstić information content (AvgIpc) is 4.06. The van der Waals surface area contributed by atoms with Crippen molar-refractivity contribution in [2.24, 2.45) is 0 Å². The zero-order valence-corrected chi connectivity index (χ0v) is 40.0. The first-order chi connectivity index (χ1) is 36.2. The van der Waals surface area contributed by atoms with E-state index in [1.54, 1.807) is 0 Å². The van der Waals surface area contributed by atoms with Gasteiger partial charge in [0.1, 0.15) is 11.2 Å². The van der Waals surface area contributed by atoms with Gasteiger partial charge in [0.05, 0.1) is 16.8 Å². The third-order valence-electron chi connectivity index (χ3n) is 15.2. The van der Waals surface area contributed by atoms with Gasteiger partial charge >= 0.3 is 0 Å². The molecule has 0 radical (unpaired) electrons. The van der Waals surface area contributed by atoms with Gasteiger partial charge in [0.25, 0.3) is 0 Å². The van der Waals surface area contributed by atoms with Crippen LogP contribution < -0.4 is 4.90 Å². The van der Waals surface area contributed by atoms with E-state index in [2.05, 4.69) is 278 Å². The summed E-state index contributed by atoms with van der Waals surface area (Å²) in [6.07, 6.45) is 0. The van der Waals surface area contributed by atoms with E-state index in [1.807, 2.05) is 12.1 Å². The average molecular weight is 930 g/mol. The molecular formula is C71H47NO. The van der Waals surface area contributed by atoms with Crippen molar-refractivity contribution < 1.29 is 4.42 Å². The minimum Gasteiger partial charge on any atom is -0.456 e. The van der Waals surface area contributed by atoms with Crippen molar-refractivity contribution in [2.75, 3.05) is 4.90 Å². The molecule has 13 aromatic rings. The van der Waals surface area contributed by atoms with E-state index < -0.39 is 5.41 Å². The van der Waals surface area contributed by atoms with E-state index in [0.717, 1.165) is 61.3 Å². The first-order valence-electron chi connectivity index (χ1n) is 25.2. The van der Waals surface area contributed by atoms with Gasteiger partial charge in [0.15, 0.2) is 0 Å². The molecule has 1 aromatic heterocycles. The summed E-state index contributed by atoms with van der Waals surface area (Å²) >= 11 is 0. The van der Waals surface area contributed by atoms with Gasteiger partial charge in [-0.25, -0.2) is 0 Å². The molecule has 0 unspecified atom stereocenters. The van der Waals surface area contributed by atoms with Crippen LogP contribution in [0.3, 0.4) is 0 Å². The maximum Gasteiger partial charge on any atom is 0.135 e. The Morgan fingerprint density at radius 2 is 0.795 bits per heavy atom. The summed E-state index contributed by atoms with van der Waals surface area (Å²) in [5, 5.41) is 4.71. The van der Waals surface area contributed by atoms with Crippen molar-refractivity contribution in [1.82, 2.24) is 0 Å². The van der Waals surface area contributed by atoms with Crippen LogP contribution in [-0.4, -0.2) is 0 Å². The molecule has 0 amide bonds. The Morgan fingerprint density at radius 3 is 1.53 bits per heavy atom. The molecule has 1 heterocycles. The third-order valence-corrected chi connectivity index (χ3v) is 15.2. The van der Waals surface area contributed by atoms with Crippen LogP contribution in [0, 0.1) is 0 Å². The van der Waals surface area contributed by atoms with E-state index in [4.69, 9.17) is 4.42 Å². The maximum absolute atomic E-state index is 6.34. The first kappa shape index (κ1) is 42.4. The summed E-state index contributed by atoms with van der Waals surface area (Å²) in [5.74, 6) is 0. The lowest BCUT2D eigenvalue weighted by Gasteiger charge is -2.34. The number of hydrogen-bond donors (Lipinski definition) is 0. The molecule has 0 spiro atoms. The van der Waals surface area contributed by atoms with E-state index in [-0.39, 0.29) is 0 Å². The highest BCUT2D eigenvalue weighted by molar-refractivity contribution is 6.07. The molecule has 12 aromatic carbocycles. The van der Waals surface area contributed by atoms with Gasteiger partial charge in [-0.3, -0.25) is 0 Å². The minimum atomic E-state index is -0.523. The number of anilines is 3. The second-order valence-electron chi connectivity index (χ2n) is 19.1. The highest BCUT2D eigenvalue weighted by Gasteiger charge is 2.47. The number of fused-ring (bicyclic) bond motifs is 7. The van der Waals surface area contributed by atoms with Gasteiger partial charge in [0, 0.05) is 27.6 Å². The third kappa shape index (κ3) is 6.94. The molecule has 14 rings (SSSR count). The van der Waals surface area contributed by atoms with Crippen molar-refractivity contribution in [1.29, 1.82) is 0 Å². The Hall–Kier alpha value is -9.50. The Labute approximate surface area is 425 Å². The van der Waals surface area contributed by atoms with Gasteiger partial charge in [-0.05, 0) is 126 Å². The predicted octanol–water partition coefficient (Wildman–Crippen LogP) is 19.2. The highest BCUT2D eigenvalue weighted by Crippen LogP contribution is 2.59. The summed E-state index contributed by atoms with van der Waals surface area (Å²) in [6.45, 7) is 0. The second kappa shape index (κ2) is 17.4. The quantitative estimate of drug-likeness (QED) is 0.143. The molecular weight excluding hydrogens is 883 g/mol. The number of nitrogens with zero attached hydrogens (tertiary/aromatic N) is 1. The molecule has 73 heavy (non-hydrogen) atoms. The standard InChI is InChI=1S/C71H47NO/c1-3-20-55(21-4-1)71(56-22-5-2-6-23-56)64-29-13-9-27-62(64)70-61(28-17-30-65(70)71)59-25-11-15-32-67(59)72(66-31-14-10-24-58(66)54-42-45-69-63(47-54)60-26-12-16-33-68(60)73-69)57-43-40-50(41-44-57)49-34-36-51(37-35-49)53-39-38-48-18-7-8-19-52(48)46-53/h1-47H. The fourth-order valence-corrected chi connectivity index (χ4v) is 11.9. The monoisotopic (exact) mass is 929 g/mol. The van der Waals surface area contributed by atoms with E-state index in [0.29, 0.717) is 0 Å². The lowest BCUT2D eigenvalue weighted by atomic mass is 9.67. The van der Waals surface area contributed by atoms with Gasteiger partial charge in [-0.1, -0.05) is 237 Å². The SMILES string of the molecule is c1ccc(C2(c3ccccc3)c3ccccc3-c3c(-c4ccccc4N(c4ccc(-c5ccc(-c6ccc7ccccc7c6)cc5)cc4)c4ccccc4-c4ccc5oc6ccccc6c5c4)cccc32)cc1. The Balaban J connectivity index is 0.949. The number of benzene rings is 12. The minimum absolute atomic E-state index is 0.523. The molecule has 1 aliphatic rings. The summed E-state index contributed by atoms with van der Waals surface area (Å²) in [5.41, 5.74) is 21.3. The van der Waals surface area contributed by atoms with Crippen LogP contribution in [0.25, 0.3) is 88.3 Å². The molecule has 0 aliphatic heterocycles. The van der Waals surface area contributed by atoms with Crippen LogP contribution in [0.4, 0.5) is 17.1 Å². The smallest absolute Gasteiger partial charge is 0.135 e. The number of hydrogen-bond acceptors (Lipinski definition) is 2. The molecule has 0 atom stereocenters. The molecule has 2 heteroatoms. The van der Waals surface area contributed by atoms with Crippen LogP contribution in [0.5, 0.6) is 0 Å². The topological polar surface area (TPSA) is 16.4 Å². The fraction of sp³-hybridized carbons (Fsp3) is 0.0141. The molecule has 0 fully saturated rings. The van der Waals surface area contributed by atoms with Gasteiger partial charge < -0.3 is 9.32 Å². The van der Waals surface area contributed by atoms with Crippen LogP contribution in [0.1, 0.15) is 22.3 Å². The summed E-state index contributed by atoms with van der Waals surface area (Å²) in [4.78, 5) is 2.47. The molecule has 0 saturated carbocycles. The Kier molecular flexibility index (Phi) is 10.1. The van der Waals surface area contributed by atoms with Crippen molar-refractivity contribution in [3.63, 3.8) is 0 Å². The molecule has 0 N–H and O–H groups in total. The lowest BCUT2D eigenvalue weighted by molar-refractivity contribution is 0.669. The number of furan rings is 1. The molecule has 1 aliphatic carbocycles.